The third-order valence-corrected chi connectivity index (χ3v) is 4.72. The molecule has 0 aromatic heterocycles. The Morgan fingerprint density at radius 2 is 1.85 bits per heavy atom. The molecule has 0 saturated carbocycles. The predicted octanol–water partition coefficient (Wildman–Crippen LogP) is 1.07. The molecule has 0 amide bonds. The van der Waals surface area contributed by atoms with Gasteiger partial charge in [0.2, 0.25) is 5.96 Å². The second kappa shape index (κ2) is 9.16. The molecule has 1 aromatic rings. The van der Waals surface area contributed by atoms with Crippen molar-refractivity contribution in [2.75, 3.05) is 20.1 Å². The zero-order valence-electron chi connectivity index (χ0n) is 16.3. The number of rotatable bonds is 6. The minimum atomic E-state index is 0.733. The Morgan fingerprint density at radius 1 is 1.11 bits per heavy atom. The maximum atomic E-state index is 4.46. The summed E-state index contributed by atoms with van der Waals surface area (Å²) in [7, 11) is 1.82. The van der Waals surface area contributed by atoms with Gasteiger partial charge >= 0.3 is 0 Å². The van der Waals surface area contributed by atoms with E-state index in [4.69, 9.17) is 0 Å². The summed E-state index contributed by atoms with van der Waals surface area (Å²) in [6.07, 6.45) is 15.8. The molecule has 0 bridgehead atoms. The van der Waals surface area contributed by atoms with Crippen LogP contribution >= 0.6 is 0 Å². The second-order valence-corrected chi connectivity index (χ2v) is 6.39. The highest BCUT2D eigenvalue weighted by molar-refractivity contribution is 5.93. The highest BCUT2D eigenvalue weighted by Gasteiger charge is 2.14. The molecule has 6 nitrogen and oxygen atoms in total. The molecule has 0 atom stereocenters. The number of aliphatic imine (C=N–C) groups is 1. The van der Waals surface area contributed by atoms with E-state index in [1.54, 1.807) is 0 Å². The number of hydrazone groups is 2. The summed E-state index contributed by atoms with van der Waals surface area (Å²) in [5.41, 5.74) is 10.7. The van der Waals surface area contributed by atoms with Crippen LogP contribution in [-0.4, -0.2) is 38.5 Å². The summed E-state index contributed by atoms with van der Waals surface area (Å²) in [4.78, 5) is 4.32. The first-order chi connectivity index (χ1) is 13.3. The van der Waals surface area contributed by atoms with Crippen molar-refractivity contribution in [1.82, 2.24) is 16.2 Å². The fourth-order valence-electron chi connectivity index (χ4n) is 3.58. The van der Waals surface area contributed by atoms with E-state index in [0.29, 0.717) is 0 Å². The number of nitrogens with zero attached hydrogens (tertiary/aromatic N) is 3. The zero-order valence-corrected chi connectivity index (χ0v) is 16.3. The molecular formula is C21H28N6. The molecule has 0 saturated heterocycles. The third kappa shape index (κ3) is 4.10. The van der Waals surface area contributed by atoms with Crippen LogP contribution in [0.3, 0.4) is 0 Å². The second-order valence-electron chi connectivity index (χ2n) is 6.39. The molecule has 2 aliphatic rings. The Morgan fingerprint density at radius 3 is 2.48 bits per heavy atom. The molecule has 1 aliphatic heterocycles. The summed E-state index contributed by atoms with van der Waals surface area (Å²) in [6.45, 7) is 5.89. The lowest BCUT2D eigenvalue weighted by atomic mass is 9.88. The van der Waals surface area contributed by atoms with Crippen molar-refractivity contribution < 1.29 is 0 Å². The molecule has 27 heavy (non-hydrogen) atoms. The third-order valence-electron chi connectivity index (χ3n) is 4.72. The predicted molar refractivity (Wildman–Crippen MR) is 116 cm³/mol. The highest BCUT2D eigenvalue weighted by atomic mass is 15.4. The fraction of sp³-hybridized carbons (Fsp3) is 0.381. The lowest BCUT2D eigenvalue weighted by Crippen LogP contribution is -2.37. The summed E-state index contributed by atoms with van der Waals surface area (Å²) in [5.74, 6) is 0.733. The average molecular weight is 364 g/mol. The van der Waals surface area contributed by atoms with Crippen LogP contribution in [0.15, 0.2) is 21.3 Å². The molecule has 0 radical (unpaired) electrons. The Bertz CT molecular complexity index is 921. The van der Waals surface area contributed by atoms with Crippen LogP contribution in [0, 0.1) is 0 Å². The van der Waals surface area contributed by atoms with Crippen LogP contribution in [0.25, 0.3) is 18.2 Å². The number of benzene rings is 1. The van der Waals surface area contributed by atoms with E-state index < -0.39 is 0 Å². The topological polar surface area (TPSA) is 73.2 Å². The summed E-state index contributed by atoms with van der Waals surface area (Å²) >= 11 is 0. The molecule has 3 rings (SSSR count). The first kappa shape index (κ1) is 18.9. The van der Waals surface area contributed by atoms with Gasteiger partial charge in [0.25, 0.3) is 0 Å². The van der Waals surface area contributed by atoms with Crippen molar-refractivity contribution in [3.63, 3.8) is 0 Å². The smallest absolute Gasteiger partial charge is 0.212 e. The molecule has 1 heterocycles. The molecular weight excluding hydrogens is 336 g/mol. The van der Waals surface area contributed by atoms with Crippen LogP contribution in [0.5, 0.6) is 0 Å². The molecule has 0 fully saturated rings. The number of hydrogen-bond acceptors (Lipinski definition) is 6. The minimum Gasteiger partial charge on any atom is -0.353 e. The zero-order chi connectivity index (χ0) is 19.1. The van der Waals surface area contributed by atoms with Gasteiger partial charge in [0, 0.05) is 24.7 Å². The number of fused-ring (bicyclic) bond motifs is 1. The van der Waals surface area contributed by atoms with E-state index in [9.17, 15) is 0 Å². The largest absolute Gasteiger partial charge is 0.353 e. The lowest BCUT2D eigenvalue weighted by Gasteiger charge is -2.16. The molecule has 0 unspecified atom stereocenters. The van der Waals surface area contributed by atoms with Crippen molar-refractivity contribution in [3.8, 4) is 0 Å². The lowest BCUT2D eigenvalue weighted by molar-refractivity contribution is 0.906. The van der Waals surface area contributed by atoms with E-state index in [1.807, 2.05) is 26.4 Å². The van der Waals surface area contributed by atoms with Gasteiger partial charge in [-0.15, -0.1) is 0 Å². The van der Waals surface area contributed by atoms with Crippen molar-refractivity contribution >= 4 is 36.6 Å². The van der Waals surface area contributed by atoms with Gasteiger partial charge < -0.3 is 10.7 Å². The van der Waals surface area contributed by atoms with E-state index in [0.717, 1.165) is 43.9 Å². The Balaban J connectivity index is 2.19. The first-order valence-corrected chi connectivity index (χ1v) is 9.59. The first-order valence-electron chi connectivity index (χ1n) is 9.59. The summed E-state index contributed by atoms with van der Waals surface area (Å²) in [6, 6.07) is 0. The van der Waals surface area contributed by atoms with Gasteiger partial charge in [-0.1, -0.05) is 31.2 Å². The van der Waals surface area contributed by atoms with Crippen molar-refractivity contribution in [3.05, 3.63) is 38.8 Å². The maximum Gasteiger partial charge on any atom is 0.212 e. The Kier molecular flexibility index (Phi) is 6.41. The van der Waals surface area contributed by atoms with E-state index in [1.165, 1.54) is 27.1 Å². The van der Waals surface area contributed by atoms with Crippen LogP contribution < -0.4 is 26.6 Å². The van der Waals surface area contributed by atoms with Crippen molar-refractivity contribution in [2.45, 2.75) is 33.1 Å². The minimum absolute atomic E-state index is 0.733. The summed E-state index contributed by atoms with van der Waals surface area (Å²) in [5, 5.41) is 14.4. The Hall–Kier alpha value is -2.89. The standard InChI is InChI=1S/C21H28N6/c1-4-8-16-15(5-2)19(13-25-22-3)17-9-6-7-10-18(17)20(16)14-26-27-21-23-11-12-24-21/h4,8-10,13-14,22H,5-7,11-12H2,1-3H3,(H2,23,24,27)/b8-4-,25-13+,26-14+. The number of nitrogens with one attached hydrogen (secondary N) is 3. The van der Waals surface area contributed by atoms with Gasteiger partial charge in [0.1, 0.15) is 0 Å². The van der Waals surface area contributed by atoms with Crippen LogP contribution in [-0.2, 0) is 6.42 Å². The number of hydrogen-bond donors (Lipinski definition) is 3. The molecule has 1 aromatic carbocycles. The van der Waals surface area contributed by atoms with Gasteiger partial charge in [0.05, 0.1) is 19.0 Å². The van der Waals surface area contributed by atoms with Crippen LogP contribution in [0.2, 0.25) is 0 Å². The maximum absolute atomic E-state index is 4.46. The fourth-order valence-corrected chi connectivity index (χ4v) is 3.58. The molecule has 1 aliphatic carbocycles. The SMILES string of the molecule is C/C=C\c1c(CC)c(/C=N/NC)c2c(c1/C=N/NC1=NCCN1)=CCCC=2. The molecule has 0 spiro atoms. The summed E-state index contributed by atoms with van der Waals surface area (Å²) < 4.78 is 0. The van der Waals surface area contributed by atoms with E-state index in [-0.39, 0.29) is 0 Å². The average Bonchev–Trinajstić information content (AvgIpc) is 3.21. The Labute approximate surface area is 160 Å². The number of guanidine groups is 1. The van der Waals surface area contributed by atoms with Gasteiger partial charge in [0.15, 0.2) is 0 Å². The van der Waals surface area contributed by atoms with Gasteiger partial charge in [-0.25, -0.2) is 10.4 Å². The van der Waals surface area contributed by atoms with E-state index in [2.05, 4.69) is 62.6 Å². The molecule has 142 valence electrons. The van der Waals surface area contributed by atoms with Crippen LogP contribution in [0.1, 0.15) is 48.9 Å². The van der Waals surface area contributed by atoms with Crippen molar-refractivity contribution in [2.24, 2.45) is 15.2 Å². The number of allylic oxidation sites excluding steroid dienone is 1. The van der Waals surface area contributed by atoms with Crippen LogP contribution in [0.4, 0.5) is 0 Å². The molecule has 3 N–H and O–H groups in total. The quantitative estimate of drug-likeness (QED) is 0.522. The van der Waals surface area contributed by atoms with Crippen molar-refractivity contribution in [1.29, 1.82) is 0 Å². The highest BCUT2D eigenvalue weighted by Crippen LogP contribution is 2.17. The molecule has 6 heteroatoms. The van der Waals surface area contributed by atoms with Gasteiger partial charge in [-0.2, -0.15) is 10.2 Å². The van der Waals surface area contributed by atoms with E-state index >= 15 is 0 Å². The monoisotopic (exact) mass is 364 g/mol. The normalized spacial score (nSPS) is 16.2. The van der Waals surface area contributed by atoms with Gasteiger partial charge in [-0.3, -0.25) is 0 Å². The van der Waals surface area contributed by atoms with Gasteiger partial charge in [-0.05, 0) is 47.8 Å².